The summed E-state index contributed by atoms with van der Waals surface area (Å²) in [6, 6.07) is 5.67. The Hall–Kier alpha value is -1.05. The molecular formula is C10H14NO. The van der Waals surface area contributed by atoms with Gasteiger partial charge in [-0.2, -0.15) is 0 Å². The van der Waals surface area contributed by atoms with Gasteiger partial charge in [0.2, 0.25) is 5.88 Å². The lowest BCUT2D eigenvalue weighted by Gasteiger charge is -2.11. The van der Waals surface area contributed by atoms with Crippen LogP contribution < -0.4 is 4.74 Å². The van der Waals surface area contributed by atoms with Crippen molar-refractivity contribution in [2.75, 3.05) is 0 Å². The van der Waals surface area contributed by atoms with Crippen LogP contribution >= 0.6 is 0 Å². The summed E-state index contributed by atoms with van der Waals surface area (Å²) in [6.45, 7) is 4.06. The number of aromatic nitrogens is 1. The second-order valence-corrected chi connectivity index (χ2v) is 2.74. The second kappa shape index (κ2) is 4.75. The van der Waals surface area contributed by atoms with Gasteiger partial charge in [-0.05, 0) is 25.8 Å². The van der Waals surface area contributed by atoms with Crippen LogP contribution in [-0.2, 0) is 0 Å². The molecule has 0 fully saturated rings. The lowest BCUT2D eigenvalue weighted by Crippen LogP contribution is -2.11. The van der Waals surface area contributed by atoms with E-state index < -0.39 is 0 Å². The van der Waals surface area contributed by atoms with Crippen LogP contribution in [-0.4, -0.2) is 11.1 Å². The third-order valence-corrected chi connectivity index (χ3v) is 1.53. The van der Waals surface area contributed by atoms with Crippen molar-refractivity contribution in [2.45, 2.75) is 26.4 Å². The number of hydrogen-bond donors (Lipinski definition) is 0. The molecule has 0 amide bonds. The number of pyridine rings is 1. The number of nitrogens with zero attached hydrogens (tertiary/aromatic N) is 1. The minimum Gasteiger partial charge on any atom is -0.475 e. The van der Waals surface area contributed by atoms with Crippen molar-refractivity contribution >= 4 is 0 Å². The summed E-state index contributed by atoms with van der Waals surface area (Å²) in [4.78, 5) is 4.06. The van der Waals surface area contributed by atoms with E-state index in [0.717, 1.165) is 6.42 Å². The monoisotopic (exact) mass is 164 g/mol. The molecule has 0 aromatic carbocycles. The molecule has 0 saturated carbocycles. The first-order valence-corrected chi connectivity index (χ1v) is 4.18. The molecule has 1 heterocycles. The molecule has 1 radical (unpaired) electrons. The topological polar surface area (TPSA) is 22.1 Å². The molecule has 12 heavy (non-hydrogen) atoms. The Morgan fingerprint density at radius 1 is 1.58 bits per heavy atom. The highest BCUT2D eigenvalue weighted by Crippen LogP contribution is 2.08. The minimum atomic E-state index is 0.213. The molecule has 1 aromatic rings. The van der Waals surface area contributed by atoms with E-state index in [1.54, 1.807) is 6.20 Å². The van der Waals surface area contributed by atoms with E-state index in [9.17, 15) is 0 Å². The van der Waals surface area contributed by atoms with Crippen molar-refractivity contribution in [2.24, 2.45) is 0 Å². The Bertz CT molecular complexity index is 210. The van der Waals surface area contributed by atoms with Crippen LogP contribution in [0.3, 0.4) is 0 Å². The molecule has 65 valence electrons. The fourth-order valence-electron chi connectivity index (χ4n) is 1.00. The van der Waals surface area contributed by atoms with E-state index in [-0.39, 0.29) is 6.10 Å². The standard InChI is InChI=1S/C10H14NO/c1-3-6-9(2)12-10-7-4-5-8-11-10/h3-5,7-9H,6H2,1-2H3. The Kier molecular flexibility index (Phi) is 3.58. The van der Waals surface area contributed by atoms with Crippen molar-refractivity contribution < 1.29 is 4.74 Å². The van der Waals surface area contributed by atoms with Gasteiger partial charge in [0.15, 0.2) is 0 Å². The molecule has 0 spiro atoms. The first-order chi connectivity index (χ1) is 5.83. The third kappa shape index (κ3) is 2.91. The van der Waals surface area contributed by atoms with Crippen molar-refractivity contribution in [3.05, 3.63) is 30.8 Å². The lowest BCUT2D eigenvalue weighted by atomic mass is 10.2. The number of hydrogen-bond acceptors (Lipinski definition) is 2. The van der Waals surface area contributed by atoms with Gasteiger partial charge in [0, 0.05) is 12.3 Å². The molecule has 2 nitrogen and oxygen atoms in total. The van der Waals surface area contributed by atoms with Gasteiger partial charge in [-0.1, -0.05) is 13.0 Å². The summed E-state index contributed by atoms with van der Waals surface area (Å²) >= 11 is 0. The van der Waals surface area contributed by atoms with E-state index in [1.165, 1.54) is 0 Å². The smallest absolute Gasteiger partial charge is 0.213 e. The number of rotatable bonds is 4. The Morgan fingerprint density at radius 2 is 2.42 bits per heavy atom. The van der Waals surface area contributed by atoms with E-state index in [4.69, 9.17) is 4.74 Å². The molecule has 0 bridgehead atoms. The molecule has 1 aromatic heterocycles. The van der Waals surface area contributed by atoms with Crippen LogP contribution in [0, 0.1) is 6.42 Å². The summed E-state index contributed by atoms with van der Waals surface area (Å²) in [5.41, 5.74) is 0. The van der Waals surface area contributed by atoms with Crippen molar-refractivity contribution in [3.8, 4) is 5.88 Å². The van der Waals surface area contributed by atoms with E-state index in [1.807, 2.05) is 32.0 Å². The van der Waals surface area contributed by atoms with Crippen LogP contribution in [0.2, 0.25) is 0 Å². The molecule has 0 aliphatic heterocycles. The lowest BCUT2D eigenvalue weighted by molar-refractivity contribution is 0.212. The van der Waals surface area contributed by atoms with Gasteiger partial charge >= 0.3 is 0 Å². The van der Waals surface area contributed by atoms with Gasteiger partial charge in [0.1, 0.15) is 0 Å². The van der Waals surface area contributed by atoms with Crippen molar-refractivity contribution in [1.29, 1.82) is 0 Å². The van der Waals surface area contributed by atoms with Crippen LogP contribution in [0.5, 0.6) is 5.88 Å². The molecule has 1 atom stereocenters. The highest BCUT2D eigenvalue weighted by molar-refractivity contribution is 5.09. The summed E-state index contributed by atoms with van der Waals surface area (Å²) in [7, 11) is 0. The molecule has 0 saturated heterocycles. The average molecular weight is 164 g/mol. The predicted octanol–water partition coefficient (Wildman–Crippen LogP) is 2.46. The fourth-order valence-corrected chi connectivity index (χ4v) is 1.00. The molecule has 1 unspecified atom stereocenters. The maximum atomic E-state index is 5.51. The highest BCUT2D eigenvalue weighted by Gasteiger charge is 2.01. The van der Waals surface area contributed by atoms with Gasteiger partial charge in [-0.15, -0.1) is 0 Å². The molecular weight excluding hydrogens is 150 g/mol. The first-order valence-electron chi connectivity index (χ1n) is 4.18. The van der Waals surface area contributed by atoms with Gasteiger partial charge in [0.25, 0.3) is 0 Å². The maximum Gasteiger partial charge on any atom is 0.213 e. The summed E-state index contributed by atoms with van der Waals surface area (Å²) < 4.78 is 5.51. The van der Waals surface area contributed by atoms with Crippen molar-refractivity contribution in [3.63, 3.8) is 0 Å². The van der Waals surface area contributed by atoms with E-state index in [2.05, 4.69) is 11.4 Å². The van der Waals surface area contributed by atoms with E-state index >= 15 is 0 Å². The Morgan fingerprint density at radius 3 is 3.00 bits per heavy atom. The van der Waals surface area contributed by atoms with E-state index in [0.29, 0.717) is 5.88 Å². The minimum absolute atomic E-state index is 0.213. The zero-order chi connectivity index (χ0) is 8.81. The zero-order valence-corrected chi connectivity index (χ0v) is 7.53. The molecule has 2 heteroatoms. The summed E-state index contributed by atoms with van der Waals surface area (Å²) in [6.07, 6.45) is 4.99. The normalized spacial score (nSPS) is 12.5. The van der Waals surface area contributed by atoms with Gasteiger partial charge in [-0.25, -0.2) is 4.98 Å². The van der Waals surface area contributed by atoms with Gasteiger partial charge in [0.05, 0.1) is 6.10 Å². The zero-order valence-electron chi connectivity index (χ0n) is 7.53. The summed E-state index contributed by atoms with van der Waals surface area (Å²) in [5, 5.41) is 0. The van der Waals surface area contributed by atoms with Crippen LogP contribution in [0.4, 0.5) is 0 Å². The van der Waals surface area contributed by atoms with Crippen LogP contribution in [0.1, 0.15) is 20.3 Å². The Labute approximate surface area is 73.6 Å². The molecule has 0 aliphatic rings. The average Bonchev–Trinajstić information content (AvgIpc) is 2.06. The molecule has 1 rings (SSSR count). The fraction of sp³-hybridized carbons (Fsp3) is 0.400. The maximum absolute atomic E-state index is 5.51. The van der Waals surface area contributed by atoms with Gasteiger partial charge < -0.3 is 4.74 Å². The third-order valence-electron chi connectivity index (χ3n) is 1.53. The highest BCUT2D eigenvalue weighted by atomic mass is 16.5. The first kappa shape index (κ1) is 9.04. The largest absolute Gasteiger partial charge is 0.475 e. The van der Waals surface area contributed by atoms with Crippen LogP contribution in [0.15, 0.2) is 24.4 Å². The molecule has 0 aliphatic carbocycles. The Balaban J connectivity index is 2.41. The second-order valence-electron chi connectivity index (χ2n) is 2.74. The number of ether oxygens (including phenoxy) is 1. The summed E-state index contributed by atoms with van der Waals surface area (Å²) in [5.74, 6) is 0.701. The van der Waals surface area contributed by atoms with Gasteiger partial charge in [-0.3, -0.25) is 0 Å². The molecule has 0 N–H and O–H groups in total. The SMILES string of the molecule is C[CH]CC(C)Oc1ccccn1. The van der Waals surface area contributed by atoms with Crippen molar-refractivity contribution in [1.82, 2.24) is 4.98 Å². The van der Waals surface area contributed by atoms with Crippen LogP contribution in [0.25, 0.3) is 0 Å². The predicted molar refractivity (Wildman–Crippen MR) is 48.9 cm³/mol. The quantitative estimate of drug-likeness (QED) is 0.682.